The molecule has 0 unspecified atom stereocenters. The van der Waals surface area contributed by atoms with Gasteiger partial charge in [0.15, 0.2) is 0 Å². The van der Waals surface area contributed by atoms with Crippen molar-refractivity contribution < 1.29 is 9.59 Å². The first-order valence-electron chi connectivity index (χ1n) is 7.18. The van der Waals surface area contributed by atoms with E-state index in [4.69, 9.17) is 0 Å². The molecule has 5 nitrogen and oxygen atoms in total. The molecule has 0 saturated heterocycles. The Morgan fingerprint density at radius 1 is 1.35 bits per heavy atom. The Morgan fingerprint density at radius 2 is 2.15 bits per heavy atom. The van der Waals surface area contributed by atoms with Gasteiger partial charge in [0.2, 0.25) is 5.91 Å². The lowest BCUT2D eigenvalue weighted by molar-refractivity contribution is -0.119. The molecule has 20 heavy (non-hydrogen) atoms. The molecule has 0 atom stereocenters. The van der Waals surface area contributed by atoms with Crippen molar-refractivity contribution in [3.63, 3.8) is 0 Å². The van der Waals surface area contributed by atoms with Crippen molar-refractivity contribution in [2.24, 2.45) is 5.92 Å². The van der Waals surface area contributed by atoms with E-state index in [1.54, 1.807) is 0 Å². The third-order valence-corrected chi connectivity index (χ3v) is 3.77. The number of hydrogen-bond donors (Lipinski definition) is 2. The van der Waals surface area contributed by atoms with Gasteiger partial charge in [-0.2, -0.15) is 0 Å². The summed E-state index contributed by atoms with van der Waals surface area (Å²) in [6.45, 7) is 3.22. The summed E-state index contributed by atoms with van der Waals surface area (Å²) in [7, 11) is 0. The first-order valence-corrected chi connectivity index (χ1v) is 7.18. The van der Waals surface area contributed by atoms with E-state index >= 15 is 0 Å². The van der Waals surface area contributed by atoms with Gasteiger partial charge in [-0.15, -0.1) is 0 Å². The van der Waals surface area contributed by atoms with E-state index in [0.717, 1.165) is 37.2 Å². The molecule has 3 amide bonds. The second-order valence-electron chi connectivity index (χ2n) is 5.34. The highest BCUT2D eigenvalue weighted by molar-refractivity contribution is 5.99. The van der Waals surface area contributed by atoms with Crippen molar-refractivity contribution in [1.82, 2.24) is 5.32 Å². The third-order valence-electron chi connectivity index (χ3n) is 3.77. The minimum atomic E-state index is -0.217. The number of hydrogen-bond acceptors (Lipinski definition) is 2. The molecule has 0 bridgehead atoms. The Labute approximate surface area is 118 Å². The minimum absolute atomic E-state index is 0.217. The molecule has 2 N–H and O–H groups in total. The normalized spacial score (nSPS) is 16.8. The smallest absolute Gasteiger partial charge is 0.319 e. The van der Waals surface area contributed by atoms with Crippen LogP contribution in [-0.2, 0) is 11.2 Å². The van der Waals surface area contributed by atoms with E-state index in [0.29, 0.717) is 6.54 Å². The van der Waals surface area contributed by atoms with Gasteiger partial charge in [0.25, 0.3) is 0 Å². The summed E-state index contributed by atoms with van der Waals surface area (Å²) in [6.07, 6.45) is 2.93. The predicted octanol–water partition coefficient (Wildman–Crippen LogP) is 2.13. The number of rotatable bonds is 3. The molecule has 1 heterocycles. The maximum atomic E-state index is 12.2. The van der Waals surface area contributed by atoms with E-state index in [-0.39, 0.29) is 17.9 Å². The molecule has 0 radical (unpaired) electrons. The molecule has 0 aromatic heterocycles. The Morgan fingerprint density at radius 3 is 2.85 bits per heavy atom. The van der Waals surface area contributed by atoms with Gasteiger partial charge in [0.05, 0.1) is 0 Å². The largest absolute Gasteiger partial charge is 0.338 e. The van der Waals surface area contributed by atoms with E-state index in [9.17, 15) is 9.59 Å². The lowest BCUT2D eigenvalue weighted by Gasteiger charge is -2.18. The second kappa shape index (κ2) is 5.15. The molecule has 1 aromatic carbocycles. The SMILES string of the molecule is CCNC(=O)Nc1ccc2c(c1)N(C(=O)C1CC1)CC2. The quantitative estimate of drug-likeness (QED) is 0.886. The lowest BCUT2D eigenvalue weighted by Crippen LogP contribution is -2.30. The molecule has 5 heteroatoms. The third kappa shape index (κ3) is 2.48. The maximum Gasteiger partial charge on any atom is 0.319 e. The van der Waals surface area contributed by atoms with Gasteiger partial charge in [-0.05, 0) is 43.9 Å². The molecular weight excluding hydrogens is 254 g/mol. The molecule has 3 rings (SSSR count). The summed E-state index contributed by atoms with van der Waals surface area (Å²) in [6, 6.07) is 5.57. The van der Waals surface area contributed by atoms with Gasteiger partial charge in [-0.3, -0.25) is 4.79 Å². The number of urea groups is 1. The number of nitrogens with one attached hydrogen (secondary N) is 2. The number of benzene rings is 1. The van der Waals surface area contributed by atoms with Crippen molar-refractivity contribution in [2.75, 3.05) is 23.3 Å². The zero-order valence-corrected chi connectivity index (χ0v) is 11.6. The molecule has 1 aliphatic heterocycles. The van der Waals surface area contributed by atoms with Crippen LogP contribution in [0.2, 0.25) is 0 Å². The molecule has 1 aromatic rings. The molecular formula is C15H19N3O2. The van der Waals surface area contributed by atoms with Crippen LogP contribution in [0.15, 0.2) is 18.2 Å². The Bertz CT molecular complexity index is 552. The van der Waals surface area contributed by atoms with Crippen LogP contribution < -0.4 is 15.5 Å². The van der Waals surface area contributed by atoms with Crippen molar-refractivity contribution in [3.05, 3.63) is 23.8 Å². The van der Waals surface area contributed by atoms with Crippen molar-refractivity contribution in [2.45, 2.75) is 26.2 Å². The lowest BCUT2D eigenvalue weighted by atomic mass is 10.1. The number of amides is 3. The number of nitrogens with zero attached hydrogens (tertiary/aromatic N) is 1. The fourth-order valence-electron chi connectivity index (χ4n) is 2.57. The van der Waals surface area contributed by atoms with Crippen LogP contribution in [0.1, 0.15) is 25.3 Å². The van der Waals surface area contributed by atoms with Crippen molar-refractivity contribution in [3.8, 4) is 0 Å². The highest BCUT2D eigenvalue weighted by Gasteiger charge is 2.36. The Balaban J connectivity index is 1.78. The molecule has 1 aliphatic carbocycles. The van der Waals surface area contributed by atoms with Crippen LogP contribution in [0.4, 0.5) is 16.2 Å². The summed E-state index contributed by atoms with van der Waals surface area (Å²) >= 11 is 0. The Hall–Kier alpha value is -2.04. The van der Waals surface area contributed by atoms with Gasteiger partial charge in [0, 0.05) is 30.4 Å². The summed E-state index contributed by atoms with van der Waals surface area (Å²) in [4.78, 5) is 25.6. The molecule has 106 valence electrons. The highest BCUT2D eigenvalue weighted by atomic mass is 16.2. The average molecular weight is 273 g/mol. The molecule has 1 saturated carbocycles. The standard InChI is InChI=1S/C15H19N3O2/c1-2-16-15(20)17-12-6-5-10-7-8-18(13(10)9-12)14(19)11-3-4-11/h5-6,9,11H,2-4,7-8H2,1H3,(H2,16,17,20). The minimum Gasteiger partial charge on any atom is -0.338 e. The predicted molar refractivity (Wildman–Crippen MR) is 77.9 cm³/mol. The van der Waals surface area contributed by atoms with Crippen LogP contribution in [-0.4, -0.2) is 25.0 Å². The maximum absolute atomic E-state index is 12.2. The number of fused-ring (bicyclic) bond motifs is 1. The summed E-state index contributed by atoms with van der Waals surface area (Å²) in [5.74, 6) is 0.458. The summed E-state index contributed by atoms with van der Waals surface area (Å²) in [5.41, 5.74) is 2.86. The van der Waals surface area contributed by atoms with Crippen LogP contribution >= 0.6 is 0 Å². The van der Waals surface area contributed by atoms with Crippen LogP contribution in [0.25, 0.3) is 0 Å². The van der Waals surface area contributed by atoms with Crippen LogP contribution in [0.5, 0.6) is 0 Å². The highest BCUT2D eigenvalue weighted by Crippen LogP contribution is 2.37. The Kier molecular flexibility index (Phi) is 3.34. The van der Waals surface area contributed by atoms with E-state index in [1.165, 1.54) is 5.56 Å². The fourth-order valence-corrected chi connectivity index (χ4v) is 2.57. The topological polar surface area (TPSA) is 61.4 Å². The number of carbonyl (C=O) groups excluding carboxylic acids is 2. The molecule has 0 spiro atoms. The van der Waals surface area contributed by atoms with Crippen molar-refractivity contribution >= 4 is 23.3 Å². The van der Waals surface area contributed by atoms with Crippen LogP contribution in [0.3, 0.4) is 0 Å². The van der Waals surface area contributed by atoms with Gasteiger partial charge in [-0.1, -0.05) is 6.07 Å². The molecule has 2 aliphatic rings. The molecule has 1 fully saturated rings. The zero-order valence-electron chi connectivity index (χ0n) is 11.6. The number of carbonyl (C=O) groups is 2. The zero-order chi connectivity index (χ0) is 14.1. The van der Waals surface area contributed by atoms with E-state index in [1.807, 2.05) is 30.0 Å². The van der Waals surface area contributed by atoms with Crippen molar-refractivity contribution in [1.29, 1.82) is 0 Å². The summed E-state index contributed by atoms with van der Waals surface area (Å²) < 4.78 is 0. The van der Waals surface area contributed by atoms with E-state index in [2.05, 4.69) is 10.6 Å². The fraction of sp³-hybridized carbons (Fsp3) is 0.467. The van der Waals surface area contributed by atoms with Gasteiger partial charge in [-0.25, -0.2) is 4.79 Å². The number of anilines is 2. The average Bonchev–Trinajstić information content (AvgIpc) is 3.19. The second-order valence-corrected chi connectivity index (χ2v) is 5.34. The van der Waals surface area contributed by atoms with E-state index < -0.39 is 0 Å². The monoisotopic (exact) mass is 273 g/mol. The van der Waals surface area contributed by atoms with Crippen LogP contribution in [0, 0.1) is 5.92 Å². The van der Waals surface area contributed by atoms with Gasteiger partial charge < -0.3 is 15.5 Å². The first-order chi connectivity index (χ1) is 9.69. The summed E-state index contributed by atoms with van der Waals surface area (Å²) in [5, 5.41) is 5.48. The van der Waals surface area contributed by atoms with Gasteiger partial charge in [0.1, 0.15) is 0 Å². The first kappa shape index (κ1) is 13.0. The van der Waals surface area contributed by atoms with Gasteiger partial charge >= 0.3 is 6.03 Å².